The average molecular weight is 273 g/mol. The molecule has 1 fully saturated rings. The molecule has 0 spiro atoms. The van der Waals surface area contributed by atoms with Crippen molar-refractivity contribution in [3.63, 3.8) is 0 Å². The first-order chi connectivity index (χ1) is 9.54. The number of carbonyl (C=O) groups is 1. The molecule has 0 radical (unpaired) electrons. The van der Waals surface area contributed by atoms with Gasteiger partial charge in [0.25, 0.3) is 0 Å². The van der Waals surface area contributed by atoms with E-state index in [4.69, 9.17) is 14.7 Å². The van der Waals surface area contributed by atoms with Crippen molar-refractivity contribution in [2.45, 2.75) is 33.2 Å². The van der Waals surface area contributed by atoms with Crippen LogP contribution in [0.2, 0.25) is 0 Å². The molecule has 20 heavy (non-hydrogen) atoms. The number of rotatable bonds is 2. The summed E-state index contributed by atoms with van der Waals surface area (Å²) in [5.74, 6) is 0.0202. The van der Waals surface area contributed by atoms with Gasteiger partial charge < -0.3 is 9.47 Å². The minimum absolute atomic E-state index is 0.0577. The van der Waals surface area contributed by atoms with Crippen molar-refractivity contribution in [2.24, 2.45) is 17.8 Å². The highest BCUT2D eigenvalue weighted by molar-refractivity contribution is 5.89. The molecule has 0 amide bonds. The third kappa shape index (κ3) is 2.83. The minimum atomic E-state index is -0.668. The largest absolute Gasteiger partial charge is 0.432 e. The summed E-state index contributed by atoms with van der Waals surface area (Å²) in [5, 5.41) is 9.12. The van der Waals surface area contributed by atoms with Gasteiger partial charge in [-0.25, -0.2) is 4.79 Å². The summed E-state index contributed by atoms with van der Waals surface area (Å²) in [6, 6.07) is 10.9. The Bertz CT molecular complexity index is 508. The maximum atomic E-state index is 12.1. The molecule has 1 aliphatic heterocycles. The van der Waals surface area contributed by atoms with Crippen molar-refractivity contribution in [3.8, 4) is 6.07 Å². The Labute approximate surface area is 119 Å². The zero-order chi connectivity index (χ0) is 14.7. The predicted octanol–water partition coefficient (Wildman–Crippen LogP) is 3.00. The van der Waals surface area contributed by atoms with Crippen LogP contribution in [0.15, 0.2) is 30.3 Å². The lowest BCUT2D eigenvalue weighted by atomic mass is 9.79. The van der Waals surface area contributed by atoms with Gasteiger partial charge in [-0.05, 0) is 24.0 Å². The second-order valence-corrected chi connectivity index (χ2v) is 5.40. The number of benzene rings is 1. The lowest BCUT2D eigenvalue weighted by molar-refractivity contribution is -0.209. The average Bonchev–Trinajstić information content (AvgIpc) is 2.48. The van der Waals surface area contributed by atoms with E-state index in [0.29, 0.717) is 5.56 Å². The monoisotopic (exact) mass is 273 g/mol. The molecule has 0 N–H and O–H groups in total. The summed E-state index contributed by atoms with van der Waals surface area (Å²) in [6.07, 6.45) is -1.20. The highest BCUT2D eigenvalue weighted by atomic mass is 16.7. The predicted molar refractivity (Wildman–Crippen MR) is 73.6 cm³/mol. The molecule has 1 saturated heterocycles. The van der Waals surface area contributed by atoms with E-state index < -0.39 is 18.4 Å². The van der Waals surface area contributed by atoms with Crippen LogP contribution in [0.3, 0.4) is 0 Å². The molecule has 2 rings (SSSR count). The summed E-state index contributed by atoms with van der Waals surface area (Å²) >= 11 is 0. The Balaban J connectivity index is 2.09. The van der Waals surface area contributed by atoms with Gasteiger partial charge >= 0.3 is 5.97 Å². The fourth-order valence-corrected chi connectivity index (χ4v) is 2.43. The standard InChI is InChI=1S/C16H19NO3/c1-10-11(2)14(9-17)19-16(12(10)3)20-15(18)13-7-5-4-6-8-13/h4-8,10-12,14,16H,1-3H3/t10-,11-,12?,14?,16+/m0/s1. The Morgan fingerprint density at radius 1 is 1.15 bits per heavy atom. The second kappa shape index (κ2) is 6.06. The molecule has 0 bridgehead atoms. The number of nitrogens with zero attached hydrogens (tertiary/aromatic N) is 1. The van der Waals surface area contributed by atoms with E-state index >= 15 is 0 Å². The molecular weight excluding hydrogens is 254 g/mol. The van der Waals surface area contributed by atoms with E-state index in [0.717, 1.165) is 0 Å². The topological polar surface area (TPSA) is 59.3 Å². The highest BCUT2D eigenvalue weighted by Crippen LogP contribution is 2.35. The van der Waals surface area contributed by atoms with Gasteiger partial charge in [-0.3, -0.25) is 0 Å². The highest BCUT2D eigenvalue weighted by Gasteiger charge is 2.41. The molecule has 0 aromatic heterocycles. The van der Waals surface area contributed by atoms with Crippen LogP contribution in [0.25, 0.3) is 0 Å². The summed E-state index contributed by atoms with van der Waals surface area (Å²) in [4.78, 5) is 12.1. The van der Waals surface area contributed by atoms with Crippen molar-refractivity contribution in [1.29, 1.82) is 5.26 Å². The Hall–Kier alpha value is -1.86. The first-order valence-electron chi connectivity index (χ1n) is 6.85. The van der Waals surface area contributed by atoms with Crippen molar-refractivity contribution >= 4 is 5.97 Å². The van der Waals surface area contributed by atoms with Crippen molar-refractivity contribution < 1.29 is 14.3 Å². The molecular formula is C16H19NO3. The van der Waals surface area contributed by atoms with Crippen LogP contribution >= 0.6 is 0 Å². The number of ether oxygens (including phenoxy) is 2. The molecule has 1 aliphatic rings. The van der Waals surface area contributed by atoms with E-state index in [1.807, 2.05) is 19.9 Å². The van der Waals surface area contributed by atoms with Crippen LogP contribution in [0.5, 0.6) is 0 Å². The number of carbonyl (C=O) groups excluding carboxylic acids is 1. The Kier molecular flexibility index (Phi) is 4.41. The molecule has 1 aromatic carbocycles. The van der Waals surface area contributed by atoms with Gasteiger partial charge in [0.2, 0.25) is 6.29 Å². The van der Waals surface area contributed by atoms with Crippen molar-refractivity contribution in [1.82, 2.24) is 0 Å². The maximum Gasteiger partial charge on any atom is 0.340 e. The van der Waals surface area contributed by atoms with Gasteiger partial charge in [0.05, 0.1) is 11.6 Å². The zero-order valence-electron chi connectivity index (χ0n) is 11.9. The lowest BCUT2D eigenvalue weighted by Gasteiger charge is -2.40. The number of esters is 1. The quantitative estimate of drug-likeness (QED) is 0.777. The van der Waals surface area contributed by atoms with Gasteiger partial charge in [-0.1, -0.05) is 39.0 Å². The normalized spacial score (nSPS) is 33.2. The molecule has 1 heterocycles. The van der Waals surface area contributed by atoms with Crippen LogP contribution in [-0.4, -0.2) is 18.4 Å². The van der Waals surface area contributed by atoms with Crippen LogP contribution in [-0.2, 0) is 9.47 Å². The van der Waals surface area contributed by atoms with E-state index in [2.05, 4.69) is 13.0 Å². The van der Waals surface area contributed by atoms with Gasteiger partial charge in [0, 0.05) is 5.92 Å². The SMILES string of the molecule is CC1[C@@H](OC(=O)c2ccccc2)OC(C#N)[C@@H](C)[C@@H]1C. The Morgan fingerprint density at radius 2 is 1.80 bits per heavy atom. The molecule has 4 heteroatoms. The van der Waals surface area contributed by atoms with E-state index in [9.17, 15) is 4.79 Å². The molecule has 2 unspecified atom stereocenters. The van der Waals surface area contributed by atoms with Gasteiger partial charge in [-0.2, -0.15) is 5.26 Å². The van der Waals surface area contributed by atoms with E-state index in [1.165, 1.54) is 0 Å². The van der Waals surface area contributed by atoms with Gasteiger partial charge in [-0.15, -0.1) is 0 Å². The van der Waals surface area contributed by atoms with Crippen LogP contribution in [0.1, 0.15) is 31.1 Å². The molecule has 5 atom stereocenters. The van der Waals surface area contributed by atoms with Crippen LogP contribution < -0.4 is 0 Å². The molecule has 106 valence electrons. The summed E-state index contributed by atoms with van der Waals surface area (Å²) in [6.45, 7) is 6.04. The number of hydrogen-bond donors (Lipinski definition) is 0. The Morgan fingerprint density at radius 3 is 2.40 bits per heavy atom. The van der Waals surface area contributed by atoms with Crippen molar-refractivity contribution in [2.75, 3.05) is 0 Å². The van der Waals surface area contributed by atoms with E-state index in [-0.39, 0.29) is 17.8 Å². The third-order valence-corrected chi connectivity index (χ3v) is 4.21. The zero-order valence-corrected chi connectivity index (χ0v) is 11.9. The fraction of sp³-hybridized carbons (Fsp3) is 0.500. The van der Waals surface area contributed by atoms with Crippen LogP contribution in [0, 0.1) is 29.1 Å². The smallest absolute Gasteiger partial charge is 0.340 e. The van der Waals surface area contributed by atoms with Crippen molar-refractivity contribution in [3.05, 3.63) is 35.9 Å². The van der Waals surface area contributed by atoms with E-state index in [1.54, 1.807) is 24.3 Å². The summed E-state index contributed by atoms with van der Waals surface area (Å²) in [5.41, 5.74) is 0.489. The lowest BCUT2D eigenvalue weighted by Crippen LogP contribution is -2.46. The third-order valence-electron chi connectivity index (χ3n) is 4.21. The van der Waals surface area contributed by atoms with Crippen LogP contribution in [0.4, 0.5) is 0 Å². The minimum Gasteiger partial charge on any atom is -0.432 e. The first-order valence-corrected chi connectivity index (χ1v) is 6.85. The second-order valence-electron chi connectivity index (χ2n) is 5.40. The number of hydrogen-bond acceptors (Lipinski definition) is 4. The summed E-state index contributed by atoms with van der Waals surface area (Å²) in [7, 11) is 0. The molecule has 0 aliphatic carbocycles. The summed E-state index contributed by atoms with van der Waals surface area (Å²) < 4.78 is 11.0. The fourth-order valence-electron chi connectivity index (χ4n) is 2.43. The number of nitriles is 1. The van der Waals surface area contributed by atoms with Gasteiger partial charge in [0.15, 0.2) is 6.10 Å². The van der Waals surface area contributed by atoms with Gasteiger partial charge in [0.1, 0.15) is 0 Å². The molecule has 4 nitrogen and oxygen atoms in total. The maximum absolute atomic E-state index is 12.1. The molecule has 1 aromatic rings. The first kappa shape index (κ1) is 14.5. The molecule has 0 saturated carbocycles.